The van der Waals surface area contributed by atoms with Crippen LogP contribution >= 0.6 is 0 Å². The number of hydrogen-bond acceptors (Lipinski definition) is 3. The first-order chi connectivity index (χ1) is 4.79. The second-order valence-corrected chi connectivity index (χ2v) is 2.04. The molecule has 0 saturated carbocycles. The fraction of sp³-hybridized carbons (Fsp3) is 0. The van der Waals surface area contributed by atoms with Crippen molar-refractivity contribution in [3.8, 4) is 5.75 Å². The summed E-state index contributed by atoms with van der Waals surface area (Å²) in [6, 6.07) is 0. The van der Waals surface area contributed by atoms with E-state index in [1.807, 2.05) is 0 Å². The van der Waals surface area contributed by atoms with Crippen LogP contribution in [0.3, 0.4) is 0 Å². The molecule has 2 aromatic heterocycles. The summed E-state index contributed by atoms with van der Waals surface area (Å²) in [6.45, 7) is 3.66. The lowest BCUT2D eigenvalue weighted by atomic mass is 10.4. The molecule has 0 bridgehead atoms. The third-order valence-electron chi connectivity index (χ3n) is 1.36. The van der Waals surface area contributed by atoms with Gasteiger partial charge in [0, 0.05) is 5.22 Å². The van der Waals surface area contributed by atoms with Gasteiger partial charge < -0.3 is 5.11 Å². The minimum Gasteiger partial charge on any atom is -0.504 e. The molecule has 4 heteroatoms. The molecule has 0 aliphatic carbocycles. The first kappa shape index (κ1) is 5.22. The predicted molar refractivity (Wildman–Crippen MR) is 35.4 cm³/mol. The van der Waals surface area contributed by atoms with E-state index in [4.69, 9.17) is 5.11 Å². The van der Waals surface area contributed by atoms with Gasteiger partial charge in [-0.3, -0.25) is 0 Å². The fourth-order valence-electron chi connectivity index (χ4n) is 0.897. The summed E-state index contributed by atoms with van der Waals surface area (Å²) in [5.74, 6) is 0.127. The molecule has 0 amide bonds. The molecule has 0 aromatic carbocycles. The van der Waals surface area contributed by atoms with Crippen molar-refractivity contribution >= 4 is 12.1 Å². The van der Waals surface area contributed by atoms with Crippen LogP contribution in [0.25, 0.3) is 12.1 Å². The van der Waals surface area contributed by atoms with Crippen LogP contribution in [0.2, 0.25) is 0 Å². The van der Waals surface area contributed by atoms with Crippen molar-refractivity contribution in [2.24, 2.45) is 0 Å². The van der Waals surface area contributed by atoms with Crippen molar-refractivity contribution in [3.63, 3.8) is 0 Å². The highest BCUT2D eigenvalue weighted by Gasteiger charge is 2.02. The Labute approximate surface area is 56.4 Å². The molecule has 10 heavy (non-hydrogen) atoms. The first-order valence-corrected chi connectivity index (χ1v) is 2.79. The van der Waals surface area contributed by atoms with Crippen LogP contribution in [0.5, 0.6) is 5.75 Å². The molecule has 0 unspecified atom stereocenters. The Morgan fingerprint density at radius 1 is 1.40 bits per heavy atom. The molecular weight excluding hydrogens is 130 g/mol. The van der Waals surface area contributed by atoms with E-state index in [-0.39, 0.29) is 5.75 Å². The van der Waals surface area contributed by atoms with Gasteiger partial charge in [-0.05, 0) is 0 Å². The second-order valence-electron chi connectivity index (χ2n) is 2.04. The fourth-order valence-corrected chi connectivity index (χ4v) is 0.897. The minimum absolute atomic E-state index is 0.127. The molecule has 0 saturated heterocycles. The van der Waals surface area contributed by atoms with E-state index < -0.39 is 0 Å². The number of aromatic hydroxyl groups is 1. The van der Waals surface area contributed by atoms with Gasteiger partial charge in [0.25, 0.3) is 0 Å². The van der Waals surface area contributed by atoms with Gasteiger partial charge in [-0.2, -0.15) is 10.2 Å². The molecule has 2 heterocycles. The van der Waals surface area contributed by atoms with Crippen molar-refractivity contribution in [2.45, 2.75) is 0 Å². The van der Waals surface area contributed by atoms with Gasteiger partial charge in [0.2, 0.25) is 0 Å². The van der Waals surface area contributed by atoms with Crippen LogP contribution in [-0.2, 0) is 0 Å². The van der Waals surface area contributed by atoms with Gasteiger partial charge in [-0.25, -0.2) is 0 Å². The molecule has 0 atom stereocenters. The maximum absolute atomic E-state index is 9.12. The van der Waals surface area contributed by atoms with Gasteiger partial charge in [-0.15, -0.1) is 4.63 Å². The maximum Gasteiger partial charge on any atom is 0.164 e. The van der Waals surface area contributed by atoms with E-state index in [9.17, 15) is 0 Å². The Hall–Kier alpha value is -1.58. The number of rotatable bonds is 0. The predicted octanol–water partition coefficient (Wildman–Crippen LogP) is -0.436. The molecule has 0 radical (unpaired) electrons. The first-order valence-electron chi connectivity index (χ1n) is 2.79. The van der Waals surface area contributed by atoms with E-state index in [0.717, 1.165) is 0 Å². The smallest absolute Gasteiger partial charge is 0.164 e. The number of fused-ring (bicyclic) bond motifs is 1. The molecule has 1 N–H and O–H groups in total. The van der Waals surface area contributed by atoms with Crippen LogP contribution in [0.15, 0.2) is 12.4 Å². The third kappa shape index (κ3) is 0.452. The van der Waals surface area contributed by atoms with Crippen LogP contribution in [0.1, 0.15) is 0 Å². The number of aromatic nitrogens is 3. The van der Waals surface area contributed by atoms with Crippen LogP contribution in [-0.4, -0.2) is 19.9 Å². The zero-order valence-corrected chi connectivity index (χ0v) is 5.15. The average molecular weight is 135 g/mol. The van der Waals surface area contributed by atoms with Gasteiger partial charge in [0.1, 0.15) is 5.52 Å². The minimum atomic E-state index is 0.127. The lowest BCUT2D eigenvalue weighted by Crippen LogP contribution is -1.90. The summed E-state index contributed by atoms with van der Waals surface area (Å²) in [6.07, 6.45) is 2.90. The Morgan fingerprint density at radius 2 is 2.10 bits per heavy atom. The van der Waals surface area contributed by atoms with Crippen LogP contribution in [0, 0.1) is 0 Å². The van der Waals surface area contributed by atoms with Crippen molar-refractivity contribution in [2.75, 3.05) is 0 Å². The van der Waals surface area contributed by atoms with Gasteiger partial charge in [-0.1, -0.05) is 6.58 Å². The third-order valence-corrected chi connectivity index (χ3v) is 1.36. The van der Waals surface area contributed by atoms with Crippen molar-refractivity contribution in [1.82, 2.24) is 14.8 Å². The van der Waals surface area contributed by atoms with Crippen LogP contribution < -0.4 is 5.22 Å². The van der Waals surface area contributed by atoms with E-state index in [2.05, 4.69) is 16.8 Å². The van der Waals surface area contributed by atoms with E-state index >= 15 is 0 Å². The Morgan fingerprint density at radius 3 is 2.80 bits per heavy atom. The Bertz CT molecular complexity index is 406. The lowest BCUT2D eigenvalue weighted by Gasteiger charge is -1.77. The Kier molecular flexibility index (Phi) is 0.768. The summed E-state index contributed by atoms with van der Waals surface area (Å²) in [7, 11) is 0. The van der Waals surface area contributed by atoms with E-state index in [1.54, 1.807) is 6.20 Å². The van der Waals surface area contributed by atoms with Crippen molar-refractivity contribution in [3.05, 3.63) is 17.6 Å². The van der Waals surface area contributed by atoms with E-state index in [0.29, 0.717) is 10.7 Å². The second kappa shape index (κ2) is 1.47. The zero-order valence-electron chi connectivity index (χ0n) is 5.15. The molecule has 0 fully saturated rings. The average Bonchev–Trinajstić information content (AvgIpc) is 2.40. The summed E-state index contributed by atoms with van der Waals surface area (Å²) >= 11 is 0. The highest BCUT2D eigenvalue weighted by molar-refractivity contribution is 5.58. The summed E-state index contributed by atoms with van der Waals surface area (Å²) in [5.41, 5.74) is 0.583. The molecule has 2 aromatic rings. The monoisotopic (exact) mass is 135 g/mol. The van der Waals surface area contributed by atoms with Crippen molar-refractivity contribution < 1.29 is 5.11 Å². The quantitative estimate of drug-likeness (QED) is 0.533. The molecule has 4 nitrogen and oxygen atoms in total. The maximum atomic E-state index is 9.12. The van der Waals surface area contributed by atoms with Crippen LogP contribution in [0.4, 0.5) is 0 Å². The standard InChI is InChI=1S/C6H5N3O/c1-4-2-7-9-6(4)5(10)3-8-9/h2-3,10H,1H2. The molecular formula is C6H5N3O. The normalized spacial score (nSPS) is 10.8. The number of hydrogen-bond donors (Lipinski definition) is 1. The van der Waals surface area contributed by atoms with E-state index in [1.165, 1.54) is 10.8 Å². The highest BCUT2D eigenvalue weighted by atomic mass is 16.3. The van der Waals surface area contributed by atoms with Crippen molar-refractivity contribution in [1.29, 1.82) is 0 Å². The molecule has 0 aliphatic rings. The summed E-state index contributed by atoms with van der Waals surface area (Å²) in [5, 5.41) is 17.4. The summed E-state index contributed by atoms with van der Waals surface area (Å²) in [4.78, 5) is 0. The summed E-state index contributed by atoms with van der Waals surface area (Å²) < 4.78 is 1.34. The SMILES string of the molecule is C=c1cnn2ncc(O)c12. The molecule has 2 rings (SSSR count). The van der Waals surface area contributed by atoms with Gasteiger partial charge >= 0.3 is 0 Å². The Balaban J connectivity index is 3.12. The highest BCUT2D eigenvalue weighted by Crippen LogP contribution is 2.10. The van der Waals surface area contributed by atoms with Gasteiger partial charge in [0.05, 0.1) is 12.4 Å². The molecule has 50 valence electrons. The molecule has 0 aliphatic heterocycles. The largest absolute Gasteiger partial charge is 0.504 e. The topological polar surface area (TPSA) is 50.4 Å². The van der Waals surface area contributed by atoms with Gasteiger partial charge in [0.15, 0.2) is 5.75 Å². The number of nitrogens with zero attached hydrogens (tertiary/aromatic N) is 3. The molecule has 0 spiro atoms. The zero-order chi connectivity index (χ0) is 7.14. The lowest BCUT2D eigenvalue weighted by molar-refractivity contribution is 0.481.